The number of amides is 3. The summed E-state index contributed by atoms with van der Waals surface area (Å²) in [6, 6.07) is 13.9. The van der Waals surface area contributed by atoms with Crippen LogP contribution < -0.4 is 10.1 Å². The first kappa shape index (κ1) is 40.4. The fraction of sp³-hybridized carbons (Fsp3) is 0.500. The van der Waals surface area contributed by atoms with Gasteiger partial charge in [-0.2, -0.15) is 0 Å². The molecule has 0 bridgehead atoms. The number of H-pyrrole nitrogens is 1. The Hall–Kier alpha value is -5.43. The van der Waals surface area contributed by atoms with Crippen LogP contribution in [0.15, 0.2) is 53.7 Å². The minimum Gasteiger partial charge on any atom is -0.488 e. The summed E-state index contributed by atoms with van der Waals surface area (Å²) in [6.45, 7) is 13.3. The number of methoxy groups -OCH3 is 2. The van der Waals surface area contributed by atoms with E-state index in [4.69, 9.17) is 28.9 Å². The Morgan fingerprint density at radius 1 is 1.05 bits per heavy atom. The van der Waals surface area contributed by atoms with Crippen LogP contribution in [0.4, 0.5) is 15.3 Å². The van der Waals surface area contributed by atoms with Crippen molar-refractivity contribution in [3.63, 3.8) is 0 Å². The number of aliphatic imine (C=N–C) groups is 1. The van der Waals surface area contributed by atoms with E-state index >= 15 is 0 Å². The summed E-state index contributed by atoms with van der Waals surface area (Å²) in [4.78, 5) is 56.7. The van der Waals surface area contributed by atoms with Crippen molar-refractivity contribution in [2.75, 3.05) is 27.4 Å². The third-order valence-electron chi connectivity index (χ3n) is 12.5. The number of aromatic amines is 1. The lowest BCUT2D eigenvalue weighted by Gasteiger charge is -2.33. The van der Waals surface area contributed by atoms with E-state index in [0.717, 1.165) is 92.9 Å². The first-order valence-electron chi connectivity index (χ1n) is 20.9. The molecular formula is C46H56N6O7. The van der Waals surface area contributed by atoms with Crippen LogP contribution in [0.3, 0.4) is 0 Å². The Kier molecular flexibility index (Phi) is 10.9. The van der Waals surface area contributed by atoms with Gasteiger partial charge in [-0.15, -0.1) is 0 Å². The Labute approximate surface area is 345 Å². The molecule has 0 unspecified atom stereocenters. The fourth-order valence-electron chi connectivity index (χ4n) is 9.31. The molecule has 3 aromatic carbocycles. The number of carbonyl (C=O) groups excluding carboxylic acids is 3. The second-order valence-electron chi connectivity index (χ2n) is 17.6. The topological polar surface area (TPSA) is 148 Å². The van der Waals surface area contributed by atoms with Crippen molar-refractivity contribution in [3.8, 4) is 28.1 Å². The van der Waals surface area contributed by atoms with Crippen LogP contribution in [-0.4, -0.2) is 94.7 Å². The number of rotatable bonds is 9. The maximum absolute atomic E-state index is 14.0. The van der Waals surface area contributed by atoms with Gasteiger partial charge in [-0.1, -0.05) is 38.5 Å². The predicted molar refractivity (Wildman–Crippen MR) is 226 cm³/mol. The molecule has 4 aliphatic rings. The average molecular weight is 805 g/mol. The Bertz CT molecular complexity index is 2310. The van der Waals surface area contributed by atoms with Crippen molar-refractivity contribution in [1.82, 2.24) is 25.1 Å². The normalized spacial score (nSPS) is 21.9. The van der Waals surface area contributed by atoms with Gasteiger partial charge in [0.2, 0.25) is 5.91 Å². The van der Waals surface area contributed by atoms with Gasteiger partial charge in [-0.3, -0.25) is 14.7 Å². The number of nitrogens with one attached hydrogen (secondary N) is 2. The van der Waals surface area contributed by atoms with Gasteiger partial charge in [0.05, 0.1) is 43.4 Å². The molecule has 13 nitrogen and oxygen atoms in total. The summed E-state index contributed by atoms with van der Waals surface area (Å²) in [5, 5.41) is 4.99. The summed E-state index contributed by atoms with van der Waals surface area (Å²) in [7, 11) is 3.01. The zero-order chi connectivity index (χ0) is 41.7. The van der Waals surface area contributed by atoms with E-state index in [1.54, 1.807) is 7.11 Å². The highest BCUT2D eigenvalue weighted by molar-refractivity contribution is 6.06. The molecule has 59 heavy (non-hydrogen) atoms. The van der Waals surface area contributed by atoms with Gasteiger partial charge in [0.1, 0.15) is 29.8 Å². The Morgan fingerprint density at radius 3 is 2.61 bits per heavy atom. The second kappa shape index (κ2) is 16.0. The number of nitrogens with zero attached hydrogens (tertiary/aromatic N) is 4. The molecule has 2 fully saturated rings. The molecule has 3 amide bonds. The number of fused-ring (bicyclic) bond motifs is 6. The predicted octanol–water partition coefficient (Wildman–Crippen LogP) is 8.51. The smallest absolute Gasteiger partial charge is 0.410 e. The molecule has 8 rings (SSSR count). The van der Waals surface area contributed by atoms with Gasteiger partial charge in [-0.25, -0.2) is 14.6 Å². The van der Waals surface area contributed by atoms with Crippen LogP contribution in [0.2, 0.25) is 0 Å². The summed E-state index contributed by atoms with van der Waals surface area (Å²) >= 11 is 0. The minimum absolute atomic E-state index is 0.00426. The number of hydrogen-bond acceptors (Lipinski definition) is 9. The van der Waals surface area contributed by atoms with Crippen LogP contribution in [-0.2, 0) is 32.0 Å². The molecule has 2 N–H and O–H groups in total. The maximum Gasteiger partial charge on any atom is 0.410 e. The lowest BCUT2D eigenvalue weighted by Crippen LogP contribution is -2.53. The van der Waals surface area contributed by atoms with E-state index in [-0.39, 0.29) is 42.0 Å². The van der Waals surface area contributed by atoms with Crippen molar-refractivity contribution in [2.24, 2.45) is 16.8 Å². The van der Waals surface area contributed by atoms with Crippen molar-refractivity contribution >= 4 is 40.3 Å². The SMILES string of the molecule is CC[C@H](C)[C@H](NC(=O)OC)C(=O)N1[C@@H](C)CC[C@H]1c1ncc(-c2ccc3c(c2)COc2cc4c5c(ccc4cc2-3)N=C([C@@H]2C[C@H](COC)CN2C(=O)OC(C)(C)C)C5)[nH]1. The van der Waals surface area contributed by atoms with E-state index in [0.29, 0.717) is 26.2 Å². The molecule has 6 atom stereocenters. The van der Waals surface area contributed by atoms with E-state index in [1.165, 1.54) is 7.11 Å². The molecule has 4 aliphatic heterocycles. The highest BCUT2D eigenvalue weighted by Gasteiger charge is 2.43. The first-order valence-corrected chi connectivity index (χ1v) is 20.9. The number of hydrogen-bond donors (Lipinski definition) is 2. The molecule has 312 valence electrons. The third kappa shape index (κ3) is 7.77. The van der Waals surface area contributed by atoms with Gasteiger partial charge in [0, 0.05) is 43.3 Å². The molecule has 1 aromatic heterocycles. The van der Waals surface area contributed by atoms with Gasteiger partial charge < -0.3 is 34.1 Å². The first-order chi connectivity index (χ1) is 28.3. The van der Waals surface area contributed by atoms with Crippen LogP contribution >= 0.6 is 0 Å². The highest BCUT2D eigenvalue weighted by atomic mass is 16.6. The second-order valence-corrected chi connectivity index (χ2v) is 17.6. The number of alkyl carbamates (subject to hydrolysis) is 1. The zero-order valence-corrected chi connectivity index (χ0v) is 35.4. The summed E-state index contributed by atoms with van der Waals surface area (Å²) < 4.78 is 22.6. The van der Waals surface area contributed by atoms with Crippen LogP contribution in [0.5, 0.6) is 5.75 Å². The maximum atomic E-state index is 14.0. The molecule has 0 spiro atoms. The Morgan fingerprint density at radius 2 is 1.86 bits per heavy atom. The quantitative estimate of drug-likeness (QED) is 0.171. The minimum atomic E-state index is -0.694. The standard InChI is InChI=1S/C46H56N6O7/c1-9-25(2)41(50-44(54)57-8)43(53)52-26(3)10-15-38(52)42-47-21-37(49-42)29-11-13-31-30(17-29)24-58-40-20-32-28(18-34(31)40)12-14-35-33(32)19-36(48-35)39-16-27(23-56-7)22-51(39)45(55)59-46(4,5)6/h11-14,17-18,20-21,25-27,38-39,41H,9-10,15-16,19,22-24H2,1-8H3,(H,47,49)(H,50,54)/t25-,26-,27-,38-,39-,41-/m0/s1. The van der Waals surface area contributed by atoms with E-state index in [9.17, 15) is 14.4 Å². The molecule has 13 heteroatoms. The molecule has 2 saturated heterocycles. The van der Waals surface area contributed by atoms with Crippen molar-refractivity contribution in [3.05, 3.63) is 65.6 Å². The molecule has 0 saturated carbocycles. The van der Waals surface area contributed by atoms with Crippen molar-refractivity contribution in [1.29, 1.82) is 0 Å². The Balaban J connectivity index is 1.02. The van der Waals surface area contributed by atoms with Crippen LogP contribution in [0.25, 0.3) is 33.2 Å². The number of carbonyl (C=O) groups is 3. The molecule has 0 radical (unpaired) electrons. The van der Waals surface area contributed by atoms with Gasteiger partial charge in [-0.05, 0) is 110 Å². The summed E-state index contributed by atoms with van der Waals surface area (Å²) in [6.07, 6.45) is 4.67. The van der Waals surface area contributed by atoms with Crippen molar-refractivity contribution in [2.45, 2.75) is 110 Å². The van der Waals surface area contributed by atoms with Gasteiger partial charge in [0.25, 0.3) is 0 Å². The fourth-order valence-corrected chi connectivity index (χ4v) is 9.31. The molecule has 5 heterocycles. The molecule has 4 aromatic rings. The number of benzene rings is 3. The average Bonchev–Trinajstić information content (AvgIpc) is 4.03. The van der Waals surface area contributed by atoms with Crippen molar-refractivity contribution < 1.29 is 33.3 Å². The van der Waals surface area contributed by atoms with Crippen LogP contribution in [0.1, 0.15) is 90.2 Å². The third-order valence-corrected chi connectivity index (χ3v) is 12.5. The van der Waals surface area contributed by atoms with E-state index < -0.39 is 17.7 Å². The molecule has 0 aliphatic carbocycles. The number of aromatic nitrogens is 2. The monoisotopic (exact) mass is 804 g/mol. The highest BCUT2D eigenvalue weighted by Crippen LogP contribution is 2.45. The number of ether oxygens (including phenoxy) is 4. The number of likely N-dealkylation sites (tertiary alicyclic amines) is 2. The van der Waals surface area contributed by atoms with Gasteiger partial charge in [0.15, 0.2) is 0 Å². The van der Waals surface area contributed by atoms with E-state index in [1.807, 2.05) is 57.5 Å². The largest absolute Gasteiger partial charge is 0.488 e. The summed E-state index contributed by atoms with van der Waals surface area (Å²) in [5.74, 6) is 1.57. The zero-order valence-electron chi connectivity index (χ0n) is 35.4. The molecular weight excluding hydrogens is 749 g/mol. The van der Waals surface area contributed by atoms with Gasteiger partial charge >= 0.3 is 12.2 Å². The lowest BCUT2D eigenvalue weighted by atomic mass is 9.90. The number of imidazole rings is 1. The lowest BCUT2D eigenvalue weighted by molar-refractivity contribution is -0.137. The van der Waals surface area contributed by atoms with E-state index in [2.05, 4.69) is 52.8 Å². The summed E-state index contributed by atoms with van der Waals surface area (Å²) in [5.41, 5.74) is 7.52. The van der Waals surface area contributed by atoms with Crippen LogP contribution in [0, 0.1) is 11.8 Å².